The molecule has 0 bridgehead atoms. The fourth-order valence-electron chi connectivity index (χ4n) is 2.57. The number of nitrogens with one attached hydrogen (secondary N) is 1. The van der Waals surface area contributed by atoms with E-state index in [1.165, 1.54) is 29.8 Å². The van der Waals surface area contributed by atoms with Crippen LogP contribution in [0.3, 0.4) is 0 Å². The minimum Gasteiger partial charge on any atom is -0.357 e. The number of carbonyl (C=O) groups is 2. The SMILES string of the molecule is CNC(=O)C(C)N(Cc1ccc(Cl)c(Cl)c1)C(=O)CSCc1ccccc1F. The number of hydrogen-bond acceptors (Lipinski definition) is 3. The molecule has 0 aromatic heterocycles. The van der Waals surface area contributed by atoms with Crippen molar-refractivity contribution in [3.8, 4) is 0 Å². The number of nitrogens with zero attached hydrogens (tertiary/aromatic N) is 1. The summed E-state index contributed by atoms with van der Waals surface area (Å²) in [6.45, 7) is 1.88. The quantitative estimate of drug-likeness (QED) is 0.653. The van der Waals surface area contributed by atoms with Crippen molar-refractivity contribution in [2.45, 2.75) is 25.3 Å². The number of carbonyl (C=O) groups excluding carboxylic acids is 2. The molecule has 2 aromatic rings. The maximum absolute atomic E-state index is 13.7. The average Bonchev–Trinajstić information content (AvgIpc) is 2.69. The van der Waals surface area contributed by atoms with Crippen LogP contribution in [-0.2, 0) is 21.9 Å². The zero-order valence-electron chi connectivity index (χ0n) is 15.5. The third-order valence-corrected chi connectivity index (χ3v) is 5.90. The fourth-order valence-corrected chi connectivity index (χ4v) is 3.79. The smallest absolute Gasteiger partial charge is 0.242 e. The van der Waals surface area contributed by atoms with E-state index in [2.05, 4.69) is 5.32 Å². The molecule has 0 saturated carbocycles. The Bertz CT molecular complexity index is 851. The van der Waals surface area contributed by atoms with Crippen LogP contribution in [0.2, 0.25) is 10.0 Å². The van der Waals surface area contributed by atoms with Crippen LogP contribution in [0.25, 0.3) is 0 Å². The van der Waals surface area contributed by atoms with Gasteiger partial charge in [0.25, 0.3) is 0 Å². The van der Waals surface area contributed by atoms with E-state index in [4.69, 9.17) is 23.2 Å². The number of halogens is 3. The van der Waals surface area contributed by atoms with Crippen molar-refractivity contribution >= 4 is 46.8 Å². The Balaban J connectivity index is 2.09. The second kappa shape index (κ2) is 10.7. The maximum atomic E-state index is 13.7. The van der Waals surface area contributed by atoms with Crippen molar-refractivity contribution in [1.29, 1.82) is 0 Å². The standard InChI is InChI=1S/C20H21Cl2FN2O2S/c1-13(20(27)24-2)25(10-14-7-8-16(21)17(22)9-14)19(26)12-28-11-15-5-3-4-6-18(15)23/h3-9,13H,10-12H2,1-2H3,(H,24,27). The monoisotopic (exact) mass is 442 g/mol. The molecule has 0 aliphatic rings. The molecule has 2 amide bonds. The lowest BCUT2D eigenvalue weighted by Crippen LogP contribution is -2.47. The molecule has 2 aromatic carbocycles. The van der Waals surface area contributed by atoms with Crippen molar-refractivity contribution < 1.29 is 14.0 Å². The summed E-state index contributed by atoms with van der Waals surface area (Å²) in [5, 5.41) is 3.36. The Morgan fingerprint density at radius 3 is 2.54 bits per heavy atom. The maximum Gasteiger partial charge on any atom is 0.242 e. The Morgan fingerprint density at radius 2 is 1.89 bits per heavy atom. The molecular weight excluding hydrogens is 422 g/mol. The van der Waals surface area contributed by atoms with Crippen molar-refractivity contribution in [1.82, 2.24) is 10.2 Å². The van der Waals surface area contributed by atoms with Crippen LogP contribution in [0.15, 0.2) is 42.5 Å². The zero-order valence-corrected chi connectivity index (χ0v) is 17.9. The molecule has 0 saturated heterocycles. The Labute approximate surface area is 178 Å². The third-order valence-electron chi connectivity index (χ3n) is 4.19. The Kier molecular flexibility index (Phi) is 8.60. The molecule has 28 heavy (non-hydrogen) atoms. The second-order valence-corrected chi connectivity index (χ2v) is 7.94. The van der Waals surface area contributed by atoms with E-state index >= 15 is 0 Å². The van der Waals surface area contributed by atoms with Crippen LogP contribution in [0, 0.1) is 5.82 Å². The van der Waals surface area contributed by atoms with E-state index in [1.807, 2.05) is 0 Å². The van der Waals surface area contributed by atoms with Gasteiger partial charge in [-0.3, -0.25) is 9.59 Å². The number of benzene rings is 2. The highest BCUT2D eigenvalue weighted by Gasteiger charge is 2.25. The minimum atomic E-state index is -0.666. The van der Waals surface area contributed by atoms with Gasteiger partial charge in [-0.15, -0.1) is 11.8 Å². The van der Waals surface area contributed by atoms with Crippen LogP contribution >= 0.6 is 35.0 Å². The van der Waals surface area contributed by atoms with Gasteiger partial charge in [0.2, 0.25) is 11.8 Å². The summed E-state index contributed by atoms with van der Waals surface area (Å²) in [6, 6.07) is 10.9. The van der Waals surface area contributed by atoms with Gasteiger partial charge in [0.05, 0.1) is 15.8 Å². The highest BCUT2D eigenvalue weighted by Crippen LogP contribution is 2.24. The van der Waals surface area contributed by atoms with Gasteiger partial charge in [0, 0.05) is 19.3 Å². The van der Waals surface area contributed by atoms with E-state index in [1.54, 1.807) is 43.3 Å². The van der Waals surface area contributed by atoms with Crippen molar-refractivity contribution in [3.05, 3.63) is 69.5 Å². The highest BCUT2D eigenvalue weighted by molar-refractivity contribution is 7.99. The van der Waals surface area contributed by atoms with Crippen LogP contribution in [0.5, 0.6) is 0 Å². The number of likely N-dealkylation sites (N-methyl/N-ethyl adjacent to an activating group) is 1. The molecule has 4 nitrogen and oxygen atoms in total. The van der Waals surface area contributed by atoms with Gasteiger partial charge in [-0.05, 0) is 36.2 Å². The molecule has 8 heteroatoms. The summed E-state index contributed by atoms with van der Waals surface area (Å²) in [5.41, 5.74) is 1.30. The number of hydrogen-bond donors (Lipinski definition) is 1. The first-order chi connectivity index (χ1) is 13.3. The fraction of sp³-hybridized carbons (Fsp3) is 0.300. The Hall–Kier alpha value is -1.76. The third kappa shape index (κ3) is 6.12. The summed E-state index contributed by atoms with van der Waals surface area (Å²) in [5.74, 6) is -0.297. The van der Waals surface area contributed by atoms with Gasteiger partial charge in [0.15, 0.2) is 0 Å². The minimum absolute atomic E-state index is 0.122. The van der Waals surface area contributed by atoms with E-state index in [9.17, 15) is 14.0 Å². The van der Waals surface area contributed by atoms with Crippen molar-refractivity contribution in [2.24, 2.45) is 0 Å². The molecule has 0 fully saturated rings. The van der Waals surface area contributed by atoms with Crippen LogP contribution in [0.4, 0.5) is 4.39 Å². The molecule has 0 aliphatic heterocycles. The second-order valence-electron chi connectivity index (χ2n) is 6.14. The lowest BCUT2D eigenvalue weighted by atomic mass is 10.1. The van der Waals surface area contributed by atoms with E-state index in [0.717, 1.165) is 5.56 Å². The van der Waals surface area contributed by atoms with E-state index in [0.29, 0.717) is 21.4 Å². The lowest BCUT2D eigenvalue weighted by Gasteiger charge is -2.28. The van der Waals surface area contributed by atoms with Gasteiger partial charge in [-0.1, -0.05) is 47.5 Å². The van der Waals surface area contributed by atoms with Crippen LogP contribution < -0.4 is 5.32 Å². The van der Waals surface area contributed by atoms with Crippen molar-refractivity contribution in [3.63, 3.8) is 0 Å². The van der Waals surface area contributed by atoms with Gasteiger partial charge in [-0.25, -0.2) is 4.39 Å². The molecule has 0 radical (unpaired) electrons. The van der Waals surface area contributed by atoms with Crippen LogP contribution in [-0.4, -0.2) is 35.6 Å². The first kappa shape index (κ1) is 22.5. The topological polar surface area (TPSA) is 49.4 Å². The highest BCUT2D eigenvalue weighted by atomic mass is 35.5. The molecule has 0 spiro atoms. The zero-order chi connectivity index (χ0) is 20.7. The summed E-state index contributed by atoms with van der Waals surface area (Å²) >= 11 is 13.3. The molecule has 2 rings (SSSR count). The lowest BCUT2D eigenvalue weighted by molar-refractivity contribution is -0.138. The molecule has 0 aliphatic carbocycles. The van der Waals surface area contributed by atoms with Gasteiger partial charge >= 0.3 is 0 Å². The molecule has 1 atom stereocenters. The first-order valence-corrected chi connectivity index (χ1v) is 10.5. The summed E-state index contributed by atoms with van der Waals surface area (Å²) in [7, 11) is 1.52. The van der Waals surface area contributed by atoms with Gasteiger partial charge in [-0.2, -0.15) is 0 Å². The van der Waals surface area contributed by atoms with Gasteiger partial charge in [0.1, 0.15) is 11.9 Å². The van der Waals surface area contributed by atoms with Crippen LogP contribution in [0.1, 0.15) is 18.1 Å². The van der Waals surface area contributed by atoms with Gasteiger partial charge < -0.3 is 10.2 Å². The molecule has 0 heterocycles. The summed E-state index contributed by atoms with van der Waals surface area (Å²) in [4.78, 5) is 26.4. The molecule has 1 unspecified atom stereocenters. The first-order valence-electron chi connectivity index (χ1n) is 8.59. The number of rotatable bonds is 8. The number of amides is 2. The van der Waals surface area contributed by atoms with E-state index in [-0.39, 0.29) is 29.9 Å². The largest absolute Gasteiger partial charge is 0.357 e. The molecule has 150 valence electrons. The Morgan fingerprint density at radius 1 is 1.18 bits per heavy atom. The predicted molar refractivity (Wildman–Crippen MR) is 113 cm³/mol. The van der Waals surface area contributed by atoms with Crippen molar-refractivity contribution in [2.75, 3.05) is 12.8 Å². The molecular formula is C20H21Cl2FN2O2S. The summed E-state index contributed by atoms with van der Waals surface area (Å²) in [6.07, 6.45) is 0. The predicted octanol–water partition coefficient (Wildman–Crippen LogP) is 4.53. The van der Waals surface area contributed by atoms with E-state index < -0.39 is 6.04 Å². The summed E-state index contributed by atoms with van der Waals surface area (Å²) < 4.78 is 13.7. The number of thioether (sulfide) groups is 1. The average molecular weight is 443 g/mol. The normalized spacial score (nSPS) is 11.8. The molecule has 1 N–H and O–H groups in total.